The number of nitrogens with zero attached hydrogens (tertiary/aromatic N) is 5. The third-order valence-corrected chi connectivity index (χ3v) is 6.16. The minimum atomic E-state index is -0.225. The summed E-state index contributed by atoms with van der Waals surface area (Å²) in [6.07, 6.45) is 2.80. The first kappa shape index (κ1) is 21.9. The molecular weight excluding hydrogens is 424 g/mol. The first-order valence-electron chi connectivity index (χ1n) is 10.4. The van der Waals surface area contributed by atoms with Gasteiger partial charge in [0.05, 0.1) is 13.7 Å². The van der Waals surface area contributed by atoms with Crippen molar-refractivity contribution in [1.29, 1.82) is 0 Å². The van der Waals surface area contributed by atoms with Gasteiger partial charge in [-0.2, -0.15) is 0 Å². The summed E-state index contributed by atoms with van der Waals surface area (Å²) in [6, 6.07) is 11.6. The first-order chi connectivity index (χ1) is 15.5. The summed E-state index contributed by atoms with van der Waals surface area (Å²) < 4.78 is 6.91. The topological polar surface area (TPSA) is 88.9 Å². The maximum atomic E-state index is 12.9. The summed E-state index contributed by atoms with van der Waals surface area (Å²) in [5, 5.41) is 0.643. The van der Waals surface area contributed by atoms with Crippen molar-refractivity contribution in [3.63, 3.8) is 0 Å². The number of methoxy groups -OCH3 is 1. The van der Waals surface area contributed by atoms with Crippen LogP contribution in [0.2, 0.25) is 0 Å². The van der Waals surface area contributed by atoms with Crippen LogP contribution in [-0.4, -0.2) is 44.4 Å². The summed E-state index contributed by atoms with van der Waals surface area (Å²) in [5.41, 5.74) is 3.76. The van der Waals surface area contributed by atoms with Gasteiger partial charge in [0.1, 0.15) is 11.3 Å². The average Bonchev–Trinajstić information content (AvgIpc) is 3.13. The van der Waals surface area contributed by atoms with Crippen molar-refractivity contribution in [3.8, 4) is 5.75 Å². The molecule has 8 nitrogen and oxygen atoms in total. The molecule has 0 aliphatic heterocycles. The van der Waals surface area contributed by atoms with Gasteiger partial charge in [0.15, 0.2) is 16.6 Å². The minimum absolute atomic E-state index is 0.225. The molecule has 32 heavy (non-hydrogen) atoms. The van der Waals surface area contributed by atoms with E-state index in [4.69, 9.17) is 14.7 Å². The van der Waals surface area contributed by atoms with Crippen LogP contribution in [0.25, 0.3) is 11.2 Å². The van der Waals surface area contributed by atoms with Crippen LogP contribution < -0.4 is 15.3 Å². The van der Waals surface area contributed by atoms with Crippen LogP contribution in [0.5, 0.6) is 5.75 Å². The van der Waals surface area contributed by atoms with E-state index < -0.39 is 0 Å². The smallest absolute Gasteiger partial charge is 0.328 e. The number of imidazole rings is 1. The molecule has 1 N–H and O–H groups in total. The van der Waals surface area contributed by atoms with Gasteiger partial charge in [0.25, 0.3) is 0 Å². The lowest BCUT2D eigenvalue weighted by Gasteiger charge is -2.20. The predicted octanol–water partition coefficient (Wildman–Crippen LogP) is 4.15. The maximum absolute atomic E-state index is 12.9. The Bertz CT molecular complexity index is 1260. The quantitative estimate of drug-likeness (QED) is 0.319. The number of thioether (sulfide) groups is 1. The molecule has 0 saturated heterocycles. The maximum Gasteiger partial charge on any atom is 0.328 e. The Morgan fingerprint density at radius 3 is 2.59 bits per heavy atom. The Hall–Kier alpha value is -3.33. The lowest BCUT2D eigenvalue weighted by molar-refractivity contribution is 0.415. The molecule has 9 heteroatoms. The van der Waals surface area contributed by atoms with Gasteiger partial charge in [-0.25, -0.2) is 14.8 Å². The second kappa shape index (κ2) is 9.44. The molecular formula is C23H26N6O2S. The third-order valence-electron chi connectivity index (χ3n) is 5.11. The number of nitrogens with one attached hydrogen (secondary N) is 1. The number of pyridine rings is 1. The number of hydrogen-bond acceptors (Lipinski definition) is 7. The average molecular weight is 451 g/mol. The third kappa shape index (κ3) is 4.47. The molecule has 0 spiro atoms. The van der Waals surface area contributed by atoms with Crippen LogP contribution in [0, 0.1) is 6.92 Å². The zero-order valence-corrected chi connectivity index (χ0v) is 19.4. The number of aryl methyl sites for hydroxylation is 1. The molecule has 0 saturated carbocycles. The van der Waals surface area contributed by atoms with E-state index in [-0.39, 0.29) is 5.69 Å². The molecule has 0 atom stereocenters. The number of rotatable bonds is 8. The number of benzene rings is 1. The lowest BCUT2D eigenvalue weighted by Crippen LogP contribution is -2.18. The fourth-order valence-corrected chi connectivity index (χ4v) is 4.03. The molecule has 0 bridgehead atoms. The highest BCUT2D eigenvalue weighted by atomic mass is 32.2. The van der Waals surface area contributed by atoms with Crippen LogP contribution in [-0.2, 0) is 6.54 Å². The number of hydrogen-bond donors (Lipinski definition) is 1. The van der Waals surface area contributed by atoms with Crippen molar-refractivity contribution in [2.24, 2.45) is 0 Å². The Kier molecular flexibility index (Phi) is 6.45. The van der Waals surface area contributed by atoms with Gasteiger partial charge in [0, 0.05) is 30.4 Å². The second-order valence-electron chi connectivity index (χ2n) is 7.46. The summed E-state index contributed by atoms with van der Waals surface area (Å²) >= 11 is 1.58. The van der Waals surface area contributed by atoms with E-state index in [1.54, 1.807) is 29.6 Å². The molecule has 0 amide bonds. The van der Waals surface area contributed by atoms with Gasteiger partial charge in [-0.3, -0.25) is 9.55 Å². The molecule has 0 unspecified atom stereocenters. The summed E-state index contributed by atoms with van der Waals surface area (Å²) in [7, 11) is 3.57. The van der Waals surface area contributed by atoms with Gasteiger partial charge < -0.3 is 14.6 Å². The van der Waals surface area contributed by atoms with Crippen molar-refractivity contribution in [2.45, 2.75) is 32.0 Å². The molecule has 4 aromatic rings. The van der Waals surface area contributed by atoms with Crippen LogP contribution >= 0.6 is 11.8 Å². The number of aromatic amines is 1. The first-order valence-corrected chi connectivity index (χ1v) is 11.4. The molecule has 4 rings (SSSR count). The molecule has 1 aromatic carbocycles. The Labute approximate surface area is 190 Å². The molecule has 0 aliphatic carbocycles. The second-order valence-corrected chi connectivity index (χ2v) is 8.52. The minimum Gasteiger partial charge on any atom is -0.497 e. The van der Waals surface area contributed by atoms with Gasteiger partial charge in [0.2, 0.25) is 0 Å². The van der Waals surface area contributed by atoms with Gasteiger partial charge in [-0.05, 0) is 49.2 Å². The fourth-order valence-electron chi connectivity index (χ4n) is 3.35. The molecule has 3 aromatic heterocycles. The number of H-pyrrole nitrogens is 1. The standard InChI is InChI=1S/C23H26N6O2S/c1-5-12-32-22-26-20(28(3)17-8-10-18(31-4)11-9-17)19-21(27-22)29(23(30)25-19)14-16-7-6-15(2)24-13-16/h6-11,13H,5,12,14H2,1-4H3,(H,25,30). The van der Waals surface area contributed by atoms with Crippen LogP contribution in [0.3, 0.4) is 0 Å². The highest BCUT2D eigenvalue weighted by molar-refractivity contribution is 7.99. The zero-order valence-electron chi connectivity index (χ0n) is 18.6. The fraction of sp³-hybridized carbons (Fsp3) is 0.304. The van der Waals surface area contributed by atoms with Crippen molar-refractivity contribution >= 4 is 34.4 Å². The highest BCUT2D eigenvalue weighted by Crippen LogP contribution is 2.30. The van der Waals surface area contributed by atoms with Gasteiger partial charge >= 0.3 is 5.69 Å². The van der Waals surface area contributed by atoms with E-state index in [1.165, 1.54) is 0 Å². The van der Waals surface area contributed by atoms with E-state index in [1.807, 2.05) is 55.3 Å². The SMILES string of the molecule is CCCSc1nc(N(C)c2ccc(OC)cc2)c2[nH]c(=O)n(Cc3ccc(C)nc3)c2n1. The normalized spacial score (nSPS) is 11.1. The molecule has 166 valence electrons. The Balaban J connectivity index is 1.82. The van der Waals surface area contributed by atoms with Crippen LogP contribution in [0.1, 0.15) is 24.6 Å². The lowest BCUT2D eigenvalue weighted by atomic mass is 10.2. The predicted molar refractivity (Wildman–Crippen MR) is 128 cm³/mol. The van der Waals surface area contributed by atoms with E-state index in [0.717, 1.165) is 34.9 Å². The monoisotopic (exact) mass is 450 g/mol. The van der Waals surface area contributed by atoms with E-state index in [2.05, 4.69) is 16.9 Å². The van der Waals surface area contributed by atoms with Crippen molar-refractivity contribution < 1.29 is 4.74 Å². The summed E-state index contributed by atoms with van der Waals surface area (Å²) in [5.74, 6) is 2.32. The van der Waals surface area contributed by atoms with Crippen molar-refractivity contribution in [3.05, 3.63) is 64.3 Å². The highest BCUT2D eigenvalue weighted by Gasteiger charge is 2.19. The van der Waals surface area contributed by atoms with E-state index in [9.17, 15) is 4.79 Å². The van der Waals surface area contributed by atoms with Crippen LogP contribution in [0.4, 0.5) is 11.5 Å². The molecule has 0 fully saturated rings. The molecule has 0 radical (unpaired) electrons. The number of aromatic nitrogens is 5. The van der Waals surface area contributed by atoms with Gasteiger partial charge in [-0.1, -0.05) is 24.8 Å². The van der Waals surface area contributed by atoms with Crippen molar-refractivity contribution in [1.82, 2.24) is 24.5 Å². The van der Waals surface area contributed by atoms with Crippen LogP contribution in [0.15, 0.2) is 52.5 Å². The Morgan fingerprint density at radius 1 is 1.16 bits per heavy atom. The Morgan fingerprint density at radius 2 is 1.94 bits per heavy atom. The number of anilines is 2. The number of fused-ring (bicyclic) bond motifs is 1. The van der Waals surface area contributed by atoms with Gasteiger partial charge in [-0.15, -0.1) is 0 Å². The number of ether oxygens (including phenoxy) is 1. The summed E-state index contributed by atoms with van der Waals surface area (Å²) in [4.78, 5) is 31.7. The largest absolute Gasteiger partial charge is 0.497 e. The van der Waals surface area contributed by atoms with E-state index >= 15 is 0 Å². The zero-order chi connectivity index (χ0) is 22.7. The van der Waals surface area contributed by atoms with Crippen molar-refractivity contribution in [2.75, 3.05) is 24.8 Å². The summed E-state index contributed by atoms with van der Waals surface area (Å²) in [6.45, 7) is 4.44. The molecule has 3 heterocycles. The van der Waals surface area contributed by atoms with E-state index in [0.29, 0.717) is 28.7 Å². The molecule has 0 aliphatic rings.